The number of amides is 1. The molecule has 0 atom stereocenters. The van der Waals surface area contributed by atoms with Crippen LogP contribution in [0.3, 0.4) is 0 Å². The third-order valence-corrected chi connectivity index (χ3v) is 4.53. The molecule has 26 heavy (non-hydrogen) atoms. The normalized spacial score (nSPS) is 10.8. The van der Waals surface area contributed by atoms with E-state index in [2.05, 4.69) is 56.3 Å². The van der Waals surface area contributed by atoms with Crippen LogP contribution in [0, 0.1) is 0 Å². The molecule has 1 N–H and O–H groups in total. The molecule has 0 unspecified atom stereocenters. The second-order valence-corrected chi connectivity index (χ2v) is 7.60. The molecule has 4 heteroatoms. The summed E-state index contributed by atoms with van der Waals surface area (Å²) in [5.41, 5.74) is 1.37. The van der Waals surface area contributed by atoms with E-state index in [1.165, 1.54) is 24.8 Å². The van der Waals surface area contributed by atoms with Gasteiger partial charge < -0.3 is 22.2 Å². The summed E-state index contributed by atoms with van der Waals surface area (Å²) in [7, 11) is 4.50. The highest BCUT2D eigenvalue weighted by Gasteiger charge is 2.15. The predicted molar refractivity (Wildman–Crippen MR) is 107 cm³/mol. The van der Waals surface area contributed by atoms with E-state index in [9.17, 15) is 4.79 Å². The molecule has 0 aliphatic heterocycles. The van der Waals surface area contributed by atoms with Crippen molar-refractivity contribution in [3.8, 4) is 0 Å². The smallest absolute Gasteiger partial charge is 0.219 e. The summed E-state index contributed by atoms with van der Waals surface area (Å²) in [5, 5.41) is 3.07. The van der Waals surface area contributed by atoms with Gasteiger partial charge in [0.05, 0.1) is 20.6 Å². The summed E-state index contributed by atoms with van der Waals surface area (Å²) < 4.78 is 0.949. The zero-order valence-corrected chi connectivity index (χ0v) is 17.4. The minimum Gasteiger partial charge on any atom is -1.00 e. The van der Waals surface area contributed by atoms with Crippen LogP contribution in [0.1, 0.15) is 56.9 Å². The Labute approximate surface area is 166 Å². The number of rotatable bonds is 14. The van der Waals surface area contributed by atoms with Gasteiger partial charge in [0.15, 0.2) is 0 Å². The van der Waals surface area contributed by atoms with Crippen molar-refractivity contribution in [3.05, 3.63) is 48.6 Å². The Hall–Kier alpha value is -1.32. The van der Waals surface area contributed by atoms with Gasteiger partial charge >= 0.3 is 0 Å². The lowest BCUT2D eigenvalue weighted by atomic mass is 10.1. The maximum absolute atomic E-state index is 11.9. The highest BCUT2D eigenvalue weighted by molar-refractivity contribution is 5.75. The third kappa shape index (κ3) is 13.0. The van der Waals surface area contributed by atoms with Crippen molar-refractivity contribution in [1.29, 1.82) is 0 Å². The molecule has 1 aromatic rings. The molecule has 0 bridgehead atoms. The molecule has 0 aliphatic rings. The van der Waals surface area contributed by atoms with E-state index in [0.29, 0.717) is 6.42 Å². The van der Waals surface area contributed by atoms with Crippen LogP contribution in [0.25, 0.3) is 0 Å². The molecule has 0 fully saturated rings. The minimum atomic E-state index is 0. The predicted octanol–water partition coefficient (Wildman–Crippen LogP) is 1.69. The fraction of sp³-hybridized carbons (Fsp3) is 0.591. The van der Waals surface area contributed by atoms with E-state index in [0.717, 1.165) is 49.8 Å². The van der Waals surface area contributed by atoms with Crippen molar-refractivity contribution in [2.75, 3.05) is 27.2 Å². The molecule has 0 aromatic heterocycles. The van der Waals surface area contributed by atoms with Gasteiger partial charge in [0.1, 0.15) is 6.54 Å². The highest BCUT2D eigenvalue weighted by atomic mass is 35.5. The largest absolute Gasteiger partial charge is 1.00 e. The quantitative estimate of drug-likeness (QED) is 0.297. The first-order valence-electron chi connectivity index (χ1n) is 9.77. The Morgan fingerprint density at radius 3 is 2.38 bits per heavy atom. The van der Waals surface area contributed by atoms with Crippen LogP contribution in [0.2, 0.25) is 0 Å². The summed E-state index contributed by atoms with van der Waals surface area (Å²) in [6, 6.07) is 10.6. The SMILES string of the molecule is C=CCCCCCCCC(=O)NCCC[N+](C)(C)Cc1ccccc1.[Cl-]. The van der Waals surface area contributed by atoms with Gasteiger partial charge in [-0.2, -0.15) is 0 Å². The molecule has 0 saturated carbocycles. The van der Waals surface area contributed by atoms with Gasteiger partial charge in [0.2, 0.25) is 5.91 Å². The lowest BCUT2D eigenvalue weighted by Gasteiger charge is -2.30. The van der Waals surface area contributed by atoms with Crippen molar-refractivity contribution in [2.24, 2.45) is 0 Å². The molecule has 1 aromatic carbocycles. The molecule has 0 spiro atoms. The first-order chi connectivity index (χ1) is 12.0. The molecule has 1 amide bonds. The standard InChI is InChI=1S/C22H36N2O.ClH/c1-4-5-6-7-8-9-13-17-22(25)23-18-14-19-24(2,3)20-21-15-11-10-12-16-21;/h4,10-12,15-16H,1,5-9,13-14,17-20H2,2-3H3;1H. The molecule has 0 saturated heterocycles. The number of halogens is 1. The number of carbonyl (C=O) groups excluding carboxylic acids is 1. The van der Waals surface area contributed by atoms with E-state index in [1.54, 1.807) is 0 Å². The van der Waals surface area contributed by atoms with Crippen molar-refractivity contribution in [1.82, 2.24) is 5.32 Å². The van der Waals surface area contributed by atoms with Crippen molar-refractivity contribution >= 4 is 5.91 Å². The van der Waals surface area contributed by atoms with Gasteiger partial charge in [-0.3, -0.25) is 4.79 Å². The van der Waals surface area contributed by atoms with E-state index in [1.807, 2.05) is 6.08 Å². The number of allylic oxidation sites excluding steroid dienone is 1. The molecule has 0 heterocycles. The summed E-state index contributed by atoms with van der Waals surface area (Å²) in [5.74, 6) is 0.208. The van der Waals surface area contributed by atoms with Gasteiger partial charge in [0, 0.05) is 24.9 Å². The number of unbranched alkanes of at least 4 members (excludes halogenated alkanes) is 5. The zero-order chi connectivity index (χ0) is 18.4. The second kappa shape index (κ2) is 14.8. The number of nitrogens with zero attached hydrogens (tertiary/aromatic N) is 1. The number of nitrogens with one attached hydrogen (secondary N) is 1. The van der Waals surface area contributed by atoms with Crippen LogP contribution in [-0.2, 0) is 11.3 Å². The van der Waals surface area contributed by atoms with Crippen molar-refractivity contribution in [2.45, 2.75) is 57.9 Å². The Bertz CT molecular complexity index is 488. The fourth-order valence-electron chi connectivity index (χ4n) is 3.08. The van der Waals surface area contributed by atoms with Crippen LogP contribution in [0.4, 0.5) is 0 Å². The van der Waals surface area contributed by atoms with Gasteiger partial charge in [-0.05, 0) is 19.3 Å². The van der Waals surface area contributed by atoms with Crippen molar-refractivity contribution < 1.29 is 21.7 Å². The lowest BCUT2D eigenvalue weighted by Crippen LogP contribution is -3.00. The molecule has 148 valence electrons. The van der Waals surface area contributed by atoms with Crippen LogP contribution in [0.15, 0.2) is 43.0 Å². The molecule has 0 aliphatic carbocycles. The first kappa shape index (κ1) is 24.7. The maximum Gasteiger partial charge on any atom is 0.219 e. The highest BCUT2D eigenvalue weighted by Crippen LogP contribution is 2.10. The molecule has 0 radical (unpaired) electrons. The van der Waals surface area contributed by atoms with Gasteiger partial charge in [-0.25, -0.2) is 0 Å². The third-order valence-electron chi connectivity index (χ3n) is 4.53. The van der Waals surface area contributed by atoms with E-state index in [-0.39, 0.29) is 18.3 Å². The lowest BCUT2D eigenvalue weighted by molar-refractivity contribution is -0.903. The number of carbonyl (C=O) groups is 1. The van der Waals surface area contributed by atoms with Gasteiger partial charge in [0.25, 0.3) is 0 Å². The summed E-state index contributed by atoms with van der Waals surface area (Å²) in [6.07, 6.45) is 10.7. The second-order valence-electron chi connectivity index (χ2n) is 7.60. The number of quaternary nitrogens is 1. The number of hydrogen-bond acceptors (Lipinski definition) is 1. The monoisotopic (exact) mass is 380 g/mol. The average molecular weight is 381 g/mol. The van der Waals surface area contributed by atoms with E-state index in [4.69, 9.17) is 0 Å². The Morgan fingerprint density at radius 1 is 1.04 bits per heavy atom. The average Bonchev–Trinajstić information content (AvgIpc) is 2.58. The van der Waals surface area contributed by atoms with Crippen LogP contribution in [0.5, 0.6) is 0 Å². The van der Waals surface area contributed by atoms with E-state index >= 15 is 0 Å². The number of benzene rings is 1. The Morgan fingerprint density at radius 2 is 1.69 bits per heavy atom. The Balaban J connectivity index is 0.00000625. The maximum atomic E-state index is 11.9. The summed E-state index contributed by atoms with van der Waals surface area (Å²) in [6.45, 7) is 6.62. The zero-order valence-electron chi connectivity index (χ0n) is 16.7. The van der Waals surface area contributed by atoms with Crippen LogP contribution >= 0.6 is 0 Å². The Kier molecular flexibility index (Phi) is 14.1. The first-order valence-corrected chi connectivity index (χ1v) is 9.77. The fourth-order valence-corrected chi connectivity index (χ4v) is 3.08. The van der Waals surface area contributed by atoms with E-state index < -0.39 is 0 Å². The van der Waals surface area contributed by atoms with Gasteiger partial charge in [-0.15, -0.1) is 6.58 Å². The van der Waals surface area contributed by atoms with Gasteiger partial charge in [-0.1, -0.05) is 55.7 Å². The van der Waals surface area contributed by atoms with Crippen molar-refractivity contribution in [3.63, 3.8) is 0 Å². The molecular formula is C22H37ClN2O. The minimum absolute atomic E-state index is 0. The summed E-state index contributed by atoms with van der Waals surface area (Å²) >= 11 is 0. The van der Waals surface area contributed by atoms with Crippen LogP contribution < -0.4 is 17.7 Å². The molecular weight excluding hydrogens is 344 g/mol. The summed E-state index contributed by atoms with van der Waals surface area (Å²) in [4.78, 5) is 11.9. The molecule has 3 nitrogen and oxygen atoms in total. The number of hydrogen-bond donors (Lipinski definition) is 1. The van der Waals surface area contributed by atoms with Crippen LogP contribution in [-0.4, -0.2) is 37.6 Å². The molecule has 1 rings (SSSR count). The topological polar surface area (TPSA) is 29.1 Å².